The number of aryl methyl sites for hydroxylation is 1. The molecule has 2 N–H and O–H groups in total. The van der Waals surface area contributed by atoms with Crippen LogP contribution in [0.25, 0.3) is 0 Å². The van der Waals surface area contributed by atoms with Crippen molar-refractivity contribution in [1.29, 1.82) is 0 Å². The molecule has 0 heterocycles. The van der Waals surface area contributed by atoms with Crippen molar-refractivity contribution in [2.24, 2.45) is 0 Å². The molecule has 2 aromatic carbocycles. The van der Waals surface area contributed by atoms with Crippen molar-refractivity contribution in [3.63, 3.8) is 0 Å². The number of carbonyl (C=O) groups is 2. The molecule has 7 heteroatoms. The summed E-state index contributed by atoms with van der Waals surface area (Å²) in [6.45, 7) is 7.34. The van der Waals surface area contributed by atoms with E-state index in [2.05, 4.69) is 17.2 Å². The summed E-state index contributed by atoms with van der Waals surface area (Å²) >= 11 is 0. The molecule has 6 nitrogen and oxygen atoms in total. The molecule has 0 spiro atoms. The number of anilines is 1. The molecule has 0 atom stereocenters. The van der Waals surface area contributed by atoms with Gasteiger partial charge in [0, 0.05) is 24.1 Å². The lowest BCUT2D eigenvalue weighted by Crippen LogP contribution is -2.20. The van der Waals surface area contributed by atoms with Gasteiger partial charge in [-0.3, -0.25) is 9.59 Å². The number of hydrogen-bond acceptors (Lipinski definition) is 4. The summed E-state index contributed by atoms with van der Waals surface area (Å²) in [5, 5.41) is 5.43. The van der Waals surface area contributed by atoms with E-state index < -0.39 is 9.84 Å². The molecule has 0 saturated carbocycles. The SMILES string of the molecule is C=CC(=O)NCc1ccc(C(=O)Nc2cc(S(C)(=O)=O)cc(C)c2C)cc1. The average molecular weight is 386 g/mol. The summed E-state index contributed by atoms with van der Waals surface area (Å²) in [6.07, 6.45) is 2.32. The summed E-state index contributed by atoms with van der Waals surface area (Å²) in [6, 6.07) is 9.83. The van der Waals surface area contributed by atoms with Crippen LogP contribution in [0.2, 0.25) is 0 Å². The van der Waals surface area contributed by atoms with Gasteiger partial charge in [0.05, 0.1) is 4.90 Å². The van der Waals surface area contributed by atoms with Crippen LogP contribution in [0.1, 0.15) is 27.0 Å². The Morgan fingerprint density at radius 2 is 1.74 bits per heavy atom. The van der Waals surface area contributed by atoms with Crippen LogP contribution in [0, 0.1) is 13.8 Å². The topological polar surface area (TPSA) is 92.3 Å². The van der Waals surface area contributed by atoms with Crippen LogP contribution >= 0.6 is 0 Å². The Morgan fingerprint density at radius 1 is 1.11 bits per heavy atom. The van der Waals surface area contributed by atoms with E-state index in [4.69, 9.17) is 0 Å². The summed E-state index contributed by atoms with van der Waals surface area (Å²) in [7, 11) is -3.38. The quantitative estimate of drug-likeness (QED) is 0.747. The number of rotatable bonds is 6. The molecule has 142 valence electrons. The highest BCUT2D eigenvalue weighted by Gasteiger charge is 2.14. The van der Waals surface area contributed by atoms with Gasteiger partial charge >= 0.3 is 0 Å². The molecule has 2 aromatic rings. The molecule has 2 amide bonds. The number of sulfone groups is 1. The van der Waals surface area contributed by atoms with Gasteiger partial charge in [0.1, 0.15) is 0 Å². The number of carbonyl (C=O) groups excluding carboxylic acids is 2. The lowest BCUT2D eigenvalue weighted by Gasteiger charge is -2.13. The second-order valence-corrected chi connectivity index (χ2v) is 8.27. The largest absolute Gasteiger partial charge is 0.348 e. The van der Waals surface area contributed by atoms with Gasteiger partial charge in [0.25, 0.3) is 5.91 Å². The van der Waals surface area contributed by atoms with Crippen LogP contribution in [-0.4, -0.2) is 26.5 Å². The van der Waals surface area contributed by atoms with Crippen molar-refractivity contribution < 1.29 is 18.0 Å². The molecule has 0 unspecified atom stereocenters. The third kappa shape index (κ3) is 5.27. The Bertz CT molecular complexity index is 993. The maximum absolute atomic E-state index is 12.5. The van der Waals surface area contributed by atoms with E-state index in [1.54, 1.807) is 37.3 Å². The summed E-state index contributed by atoms with van der Waals surface area (Å²) in [5.41, 5.74) is 3.31. The number of amides is 2. The molecule has 0 saturated heterocycles. The van der Waals surface area contributed by atoms with E-state index in [0.717, 1.165) is 22.9 Å². The van der Waals surface area contributed by atoms with Gasteiger partial charge in [-0.2, -0.15) is 0 Å². The van der Waals surface area contributed by atoms with Gasteiger partial charge in [-0.25, -0.2) is 8.42 Å². The minimum atomic E-state index is -3.38. The fraction of sp³-hybridized carbons (Fsp3) is 0.200. The third-order valence-electron chi connectivity index (χ3n) is 4.19. The third-order valence-corrected chi connectivity index (χ3v) is 5.28. The molecule has 0 radical (unpaired) electrons. The molecule has 0 aromatic heterocycles. The van der Waals surface area contributed by atoms with Crippen molar-refractivity contribution in [3.8, 4) is 0 Å². The van der Waals surface area contributed by atoms with Crippen LogP contribution < -0.4 is 10.6 Å². The fourth-order valence-electron chi connectivity index (χ4n) is 2.40. The van der Waals surface area contributed by atoms with E-state index >= 15 is 0 Å². The zero-order valence-corrected chi connectivity index (χ0v) is 16.3. The smallest absolute Gasteiger partial charge is 0.255 e. The second kappa shape index (κ2) is 8.18. The molecule has 2 rings (SSSR count). The van der Waals surface area contributed by atoms with Crippen molar-refractivity contribution in [2.45, 2.75) is 25.3 Å². The van der Waals surface area contributed by atoms with Gasteiger partial charge in [-0.1, -0.05) is 18.7 Å². The highest BCUT2D eigenvalue weighted by molar-refractivity contribution is 7.90. The minimum Gasteiger partial charge on any atom is -0.348 e. The van der Waals surface area contributed by atoms with E-state index in [-0.39, 0.29) is 16.7 Å². The highest BCUT2D eigenvalue weighted by atomic mass is 32.2. The Morgan fingerprint density at radius 3 is 2.30 bits per heavy atom. The van der Waals surface area contributed by atoms with Crippen molar-refractivity contribution in [3.05, 3.63) is 71.3 Å². The predicted molar refractivity (Wildman–Crippen MR) is 105 cm³/mol. The van der Waals surface area contributed by atoms with E-state index in [1.165, 1.54) is 12.1 Å². The minimum absolute atomic E-state index is 0.161. The molecule has 0 aliphatic carbocycles. The lowest BCUT2D eigenvalue weighted by atomic mass is 10.1. The maximum atomic E-state index is 12.5. The Balaban J connectivity index is 2.19. The monoisotopic (exact) mass is 386 g/mol. The number of benzene rings is 2. The standard InChI is InChI=1S/C20H22N2O4S/c1-5-19(23)21-12-15-6-8-16(9-7-15)20(24)22-18-11-17(27(4,25)26)10-13(2)14(18)3/h5-11H,1,12H2,2-4H3,(H,21,23)(H,22,24). The molecular weight excluding hydrogens is 364 g/mol. The van der Waals surface area contributed by atoms with Crippen molar-refractivity contribution in [1.82, 2.24) is 5.32 Å². The number of hydrogen-bond donors (Lipinski definition) is 2. The first-order valence-electron chi connectivity index (χ1n) is 8.23. The zero-order chi connectivity index (χ0) is 20.2. The lowest BCUT2D eigenvalue weighted by molar-refractivity contribution is -0.116. The van der Waals surface area contributed by atoms with Crippen LogP contribution in [0.3, 0.4) is 0 Å². The van der Waals surface area contributed by atoms with Crippen LogP contribution in [0.4, 0.5) is 5.69 Å². The fourth-order valence-corrected chi connectivity index (χ4v) is 3.12. The molecule has 0 bridgehead atoms. The summed E-state index contributed by atoms with van der Waals surface area (Å²) < 4.78 is 23.6. The Kier molecular flexibility index (Phi) is 6.17. The summed E-state index contributed by atoms with van der Waals surface area (Å²) in [4.78, 5) is 23.9. The van der Waals surface area contributed by atoms with E-state index in [9.17, 15) is 18.0 Å². The van der Waals surface area contributed by atoms with Crippen LogP contribution in [0.15, 0.2) is 53.9 Å². The predicted octanol–water partition coefficient (Wildman–Crippen LogP) is 2.76. The second-order valence-electron chi connectivity index (χ2n) is 6.26. The van der Waals surface area contributed by atoms with E-state index in [0.29, 0.717) is 17.8 Å². The molecule has 27 heavy (non-hydrogen) atoms. The Labute approximate surface area is 159 Å². The maximum Gasteiger partial charge on any atom is 0.255 e. The van der Waals surface area contributed by atoms with Crippen molar-refractivity contribution >= 4 is 27.3 Å². The summed E-state index contributed by atoms with van der Waals surface area (Å²) in [5.74, 6) is -0.613. The first-order valence-corrected chi connectivity index (χ1v) is 10.1. The highest BCUT2D eigenvalue weighted by Crippen LogP contribution is 2.24. The van der Waals surface area contributed by atoms with Crippen molar-refractivity contribution in [2.75, 3.05) is 11.6 Å². The Hall–Kier alpha value is -2.93. The first kappa shape index (κ1) is 20.4. The number of nitrogens with one attached hydrogen (secondary N) is 2. The van der Waals surface area contributed by atoms with Gasteiger partial charge in [-0.15, -0.1) is 0 Å². The van der Waals surface area contributed by atoms with Gasteiger partial charge in [0.15, 0.2) is 9.84 Å². The zero-order valence-electron chi connectivity index (χ0n) is 15.5. The normalized spacial score (nSPS) is 10.9. The molecule has 0 aliphatic rings. The van der Waals surface area contributed by atoms with E-state index in [1.807, 2.05) is 6.92 Å². The van der Waals surface area contributed by atoms with Crippen LogP contribution in [0.5, 0.6) is 0 Å². The van der Waals surface area contributed by atoms with Gasteiger partial charge in [0.2, 0.25) is 5.91 Å². The van der Waals surface area contributed by atoms with Crippen LogP contribution in [-0.2, 0) is 21.2 Å². The molecule has 0 aliphatic heterocycles. The molecule has 0 fully saturated rings. The first-order chi connectivity index (χ1) is 12.6. The molecular formula is C20H22N2O4S. The van der Waals surface area contributed by atoms with Gasteiger partial charge < -0.3 is 10.6 Å². The van der Waals surface area contributed by atoms with Gasteiger partial charge in [-0.05, 0) is 60.9 Å². The average Bonchev–Trinajstić information content (AvgIpc) is 2.62.